The molecule has 1 aromatic carbocycles. The Bertz CT molecular complexity index is 317. The number of nitrogen functional groups attached to an aromatic ring is 1. The molecule has 1 rings (SSSR count). The molecular weight excluding hydrogens is 200 g/mol. The van der Waals surface area contributed by atoms with E-state index in [9.17, 15) is 5.11 Å². The highest BCUT2D eigenvalue weighted by Crippen LogP contribution is 2.29. The fourth-order valence-electron chi connectivity index (χ4n) is 1.82. The lowest BCUT2D eigenvalue weighted by atomic mass is 9.93. The first-order valence-corrected chi connectivity index (χ1v) is 5.82. The number of aryl methyl sites for hydroxylation is 1. The van der Waals surface area contributed by atoms with Crippen molar-refractivity contribution in [1.29, 1.82) is 0 Å². The van der Waals surface area contributed by atoms with E-state index in [1.54, 1.807) is 0 Å². The number of anilines is 2. The first kappa shape index (κ1) is 12.8. The minimum absolute atomic E-state index is 0.119. The van der Waals surface area contributed by atoms with Crippen LogP contribution in [-0.2, 0) is 0 Å². The van der Waals surface area contributed by atoms with E-state index in [-0.39, 0.29) is 12.1 Å². The molecule has 0 saturated carbocycles. The molecule has 3 nitrogen and oxygen atoms in total. The molecule has 3 heteroatoms. The van der Waals surface area contributed by atoms with Crippen molar-refractivity contribution in [2.45, 2.75) is 39.2 Å². The monoisotopic (exact) mass is 222 g/mol. The number of para-hydroxylation sites is 1. The average molecular weight is 222 g/mol. The van der Waals surface area contributed by atoms with Gasteiger partial charge in [-0.1, -0.05) is 26.0 Å². The zero-order valence-electron chi connectivity index (χ0n) is 10.4. The van der Waals surface area contributed by atoms with Crippen LogP contribution in [0.2, 0.25) is 0 Å². The third-order valence-electron chi connectivity index (χ3n) is 3.35. The Morgan fingerprint density at radius 3 is 2.38 bits per heavy atom. The fourth-order valence-corrected chi connectivity index (χ4v) is 1.82. The number of nitrogens with one attached hydrogen (secondary N) is 1. The van der Waals surface area contributed by atoms with Gasteiger partial charge in [-0.3, -0.25) is 0 Å². The van der Waals surface area contributed by atoms with Gasteiger partial charge in [0.25, 0.3) is 0 Å². The summed E-state index contributed by atoms with van der Waals surface area (Å²) in [6.07, 6.45) is 1.74. The maximum Gasteiger partial charge on any atom is 0.0661 e. The zero-order chi connectivity index (χ0) is 12.2. The predicted molar refractivity (Wildman–Crippen MR) is 69.6 cm³/mol. The highest BCUT2D eigenvalue weighted by Gasteiger charge is 2.25. The average Bonchev–Trinajstić information content (AvgIpc) is 2.30. The van der Waals surface area contributed by atoms with Gasteiger partial charge in [-0.05, 0) is 31.4 Å². The highest BCUT2D eigenvalue weighted by molar-refractivity contribution is 5.70. The summed E-state index contributed by atoms with van der Waals surface area (Å²) in [5, 5.41) is 12.9. The number of nitrogens with two attached hydrogens (primary N) is 1. The SMILES string of the molecule is CCC(CC)(CO)Nc1c(C)cccc1N. The summed E-state index contributed by atoms with van der Waals surface area (Å²) in [7, 11) is 0. The molecule has 0 spiro atoms. The molecule has 0 heterocycles. The molecule has 0 fully saturated rings. The van der Waals surface area contributed by atoms with Gasteiger partial charge < -0.3 is 16.2 Å². The summed E-state index contributed by atoms with van der Waals surface area (Å²) < 4.78 is 0. The first-order chi connectivity index (χ1) is 7.58. The molecule has 0 aliphatic carbocycles. The number of hydrogen-bond acceptors (Lipinski definition) is 3. The minimum Gasteiger partial charge on any atom is -0.397 e. The number of hydrogen-bond donors (Lipinski definition) is 3. The van der Waals surface area contributed by atoms with Gasteiger partial charge in [0.15, 0.2) is 0 Å². The maximum atomic E-state index is 9.52. The van der Waals surface area contributed by atoms with Crippen molar-refractivity contribution in [2.75, 3.05) is 17.7 Å². The molecule has 0 aliphatic heterocycles. The van der Waals surface area contributed by atoms with Crippen LogP contribution in [-0.4, -0.2) is 17.3 Å². The summed E-state index contributed by atoms with van der Waals surface area (Å²) in [4.78, 5) is 0. The molecule has 0 atom stereocenters. The predicted octanol–water partition coefficient (Wildman–Crippen LogP) is 2.54. The summed E-state index contributed by atoms with van der Waals surface area (Å²) in [5.41, 5.74) is 8.48. The van der Waals surface area contributed by atoms with E-state index in [4.69, 9.17) is 5.73 Å². The maximum absolute atomic E-state index is 9.52. The van der Waals surface area contributed by atoms with Crippen molar-refractivity contribution >= 4 is 11.4 Å². The Balaban J connectivity index is 3.02. The second kappa shape index (κ2) is 5.21. The number of rotatable bonds is 5. The second-order valence-electron chi connectivity index (χ2n) is 4.31. The molecule has 0 aliphatic rings. The highest BCUT2D eigenvalue weighted by atomic mass is 16.3. The van der Waals surface area contributed by atoms with Crippen LogP contribution in [0.25, 0.3) is 0 Å². The number of aliphatic hydroxyl groups excluding tert-OH is 1. The summed E-state index contributed by atoms with van der Waals surface area (Å²) in [6.45, 7) is 6.28. The Hall–Kier alpha value is -1.22. The zero-order valence-corrected chi connectivity index (χ0v) is 10.4. The minimum atomic E-state index is -0.264. The van der Waals surface area contributed by atoms with E-state index in [0.717, 1.165) is 29.8 Å². The van der Waals surface area contributed by atoms with Gasteiger partial charge in [0.05, 0.1) is 23.5 Å². The lowest BCUT2D eigenvalue weighted by Crippen LogP contribution is -2.41. The van der Waals surface area contributed by atoms with E-state index >= 15 is 0 Å². The molecule has 4 N–H and O–H groups in total. The van der Waals surface area contributed by atoms with Crippen LogP contribution < -0.4 is 11.1 Å². The third-order valence-corrected chi connectivity index (χ3v) is 3.35. The van der Waals surface area contributed by atoms with Gasteiger partial charge >= 0.3 is 0 Å². The molecular formula is C13H22N2O. The molecule has 0 bridgehead atoms. The van der Waals surface area contributed by atoms with E-state index < -0.39 is 0 Å². The first-order valence-electron chi connectivity index (χ1n) is 5.82. The van der Waals surface area contributed by atoms with Crippen LogP contribution in [0.4, 0.5) is 11.4 Å². The van der Waals surface area contributed by atoms with Crippen molar-refractivity contribution < 1.29 is 5.11 Å². The van der Waals surface area contributed by atoms with Gasteiger partial charge in [0.1, 0.15) is 0 Å². The van der Waals surface area contributed by atoms with E-state index in [0.29, 0.717) is 0 Å². The lowest BCUT2D eigenvalue weighted by Gasteiger charge is -2.33. The largest absolute Gasteiger partial charge is 0.397 e. The van der Waals surface area contributed by atoms with Crippen LogP contribution in [0.3, 0.4) is 0 Å². The second-order valence-corrected chi connectivity index (χ2v) is 4.31. The van der Waals surface area contributed by atoms with E-state index in [1.807, 2.05) is 25.1 Å². The van der Waals surface area contributed by atoms with E-state index in [2.05, 4.69) is 19.2 Å². The topological polar surface area (TPSA) is 58.3 Å². The summed E-state index contributed by atoms with van der Waals surface area (Å²) in [5.74, 6) is 0. The Morgan fingerprint density at radius 2 is 1.94 bits per heavy atom. The van der Waals surface area contributed by atoms with E-state index in [1.165, 1.54) is 0 Å². The Kier molecular flexibility index (Phi) is 4.19. The molecule has 0 saturated heterocycles. The Morgan fingerprint density at radius 1 is 1.31 bits per heavy atom. The quantitative estimate of drug-likeness (QED) is 0.671. The van der Waals surface area contributed by atoms with Gasteiger partial charge in [-0.2, -0.15) is 0 Å². The molecule has 0 unspecified atom stereocenters. The molecule has 90 valence electrons. The van der Waals surface area contributed by atoms with Gasteiger partial charge in [0.2, 0.25) is 0 Å². The fraction of sp³-hybridized carbons (Fsp3) is 0.538. The van der Waals surface area contributed by atoms with Crippen molar-refractivity contribution in [2.24, 2.45) is 0 Å². The smallest absolute Gasteiger partial charge is 0.0661 e. The summed E-state index contributed by atoms with van der Waals surface area (Å²) in [6, 6.07) is 5.84. The molecule has 1 aromatic rings. The number of aliphatic hydroxyl groups is 1. The van der Waals surface area contributed by atoms with Crippen molar-refractivity contribution in [3.63, 3.8) is 0 Å². The van der Waals surface area contributed by atoms with Gasteiger partial charge in [-0.25, -0.2) is 0 Å². The molecule has 0 amide bonds. The standard InChI is InChI=1S/C13H22N2O/c1-4-13(5-2,9-16)15-12-10(3)7-6-8-11(12)14/h6-8,15-16H,4-5,9,14H2,1-3H3. The molecule has 0 aromatic heterocycles. The van der Waals surface area contributed by atoms with Crippen LogP contribution in [0.5, 0.6) is 0 Å². The molecule has 16 heavy (non-hydrogen) atoms. The lowest BCUT2D eigenvalue weighted by molar-refractivity contribution is 0.202. The number of benzene rings is 1. The normalized spacial score (nSPS) is 11.5. The van der Waals surface area contributed by atoms with Crippen LogP contribution >= 0.6 is 0 Å². The van der Waals surface area contributed by atoms with Crippen molar-refractivity contribution in [3.05, 3.63) is 23.8 Å². The third kappa shape index (κ3) is 2.47. The van der Waals surface area contributed by atoms with Crippen molar-refractivity contribution in [1.82, 2.24) is 0 Å². The van der Waals surface area contributed by atoms with Gasteiger partial charge in [-0.15, -0.1) is 0 Å². The summed E-state index contributed by atoms with van der Waals surface area (Å²) >= 11 is 0. The Labute approximate surface area is 97.7 Å². The van der Waals surface area contributed by atoms with Crippen LogP contribution in [0.15, 0.2) is 18.2 Å². The van der Waals surface area contributed by atoms with Crippen molar-refractivity contribution in [3.8, 4) is 0 Å². The van der Waals surface area contributed by atoms with Gasteiger partial charge in [0, 0.05) is 0 Å². The van der Waals surface area contributed by atoms with Crippen LogP contribution in [0, 0.1) is 6.92 Å². The van der Waals surface area contributed by atoms with Crippen LogP contribution in [0.1, 0.15) is 32.3 Å². The molecule has 0 radical (unpaired) electrons.